The predicted octanol–water partition coefficient (Wildman–Crippen LogP) is 6.57. The number of nitrogens with one attached hydrogen (secondary N) is 1. The summed E-state index contributed by atoms with van der Waals surface area (Å²) in [7, 11) is 0. The molecule has 1 unspecified atom stereocenters. The van der Waals surface area contributed by atoms with Crippen LogP contribution >= 0.6 is 11.6 Å². The number of carbonyl (C=O) groups is 2. The normalized spacial score (nSPS) is 14.9. The van der Waals surface area contributed by atoms with E-state index in [2.05, 4.69) is 5.32 Å². The van der Waals surface area contributed by atoms with Gasteiger partial charge in [-0.25, -0.2) is 9.59 Å². The molecule has 0 bridgehead atoms. The number of ether oxygens (including phenoxy) is 2. The monoisotopic (exact) mass is 511 g/mol. The molecule has 0 fully saturated rings. The predicted molar refractivity (Wildman–Crippen MR) is 138 cm³/mol. The molecule has 36 heavy (non-hydrogen) atoms. The van der Waals surface area contributed by atoms with Crippen LogP contribution in [0, 0.1) is 10.1 Å². The zero-order valence-electron chi connectivity index (χ0n) is 20.1. The van der Waals surface area contributed by atoms with Crippen LogP contribution < -0.4 is 10.2 Å². The number of anilines is 2. The Morgan fingerprint density at radius 2 is 1.81 bits per heavy atom. The summed E-state index contributed by atoms with van der Waals surface area (Å²) < 4.78 is 10.9. The molecule has 1 heterocycles. The molecule has 1 atom stereocenters. The highest BCUT2D eigenvalue weighted by Gasteiger charge is 2.36. The Morgan fingerprint density at radius 1 is 1.14 bits per heavy atom. The van der Waals surface area contributed by atoms with Crippen molar-refractivity contribution < 1.29 is 24.0 Å². The van der Waals surface area contributed by atoms with Crippen molar-refractivity contribution >= 4 is 51.6 Å². The number of rotatable bonds is 5. The molecule has 10 heteroatoms. The highest BCUT2D eigenvalue weighted by molar-refractivity contribution is 6.19. The van der Waals surface area contributed by atoms with E-state index in [1.54, 1.807) is 31.7 Å². The summed E-state index contributed by atoms with van der Waals surface area (Å²) in [5, 5.41) is 15.2. The highest BCUT2D eigenvalue weighted by atomic mass is 35.5. The molecule has 188 valence electrons. The van der Waals surface area contributed by atoms with Gasteiger partial charge in [0, 0.05) is 35.9 Å². The second-order valence-electron chi connectivity index (χ2n) is 9.47. The minimum Gasteiger partial charge on any atom is -0.444 e. The topological polar surface area (TPSA) is 111 Å². The van der Waals surface area contributed by atoms with Gasteiger partial charge in [-0.2, -0.15) is 0 Å². The van der Waals surface area contributed by atoms with E-state index in [1.807, 2.05) is 24.3 Å². The molecule has 0 radical (unpaired) electrons. The number of halogens is 1. The Morgan fingerprint density at radius 3 is 2.42 bits per heavy atom. The van der Waals surface area contributed by atoms with Crippen molar-refractivity contribution in [1.29, 1.82) is 0 Å². The molecule has 1 aliphatic heterocycles. The van der Waals surface area contributed by atoms with Crippen molar-refractivity contribution in [2.24, 2.45) is 0 Å². The molecule has 3 aromatic rings. The van der Waals surface area contributed by atoms with Crippen LogP contribution in [-0.4, -0.2) is 35.1 Å². The van der Waals surface area contributed by atoms with Gasteiger partial charge in [-0.15, -0.1) is 11.6 Å². The van der Waals surface area contributed by atoms with Gasteiger partial charge < -0.3 is 9.47 Å². The summed E-state index contributed by atoms with van der Waals surface area (Å²) >= 11 is 6.28. The summed E-state index contributed by atoms with van der Waals surface area (Å²) in [6.45, 7) is 5.70. The van der Waals surface area contributed by atoms with Crippen LogP contribution in [-0.2, 0) is 16.1 Å². The lowest BCUT2D eigenvalue weighted by Crippen LogP contribution is -2.36. The number of alkyl halides is 1. The Labute approximate surface area is 213 Å². The molecule has 0 saturated heterocycles. The number of amides is 2. The Bertz CT molecular complexity index is 1320. The van der Waals surface area contributed by atoms with Gasteiger partial charge in [-0.05, 0) is 55.5 Å². The summed E-state index contributed by atoms with van der Waals surface area (Å²) in [6.07, 6.45) is -1.19. The van der Waals surface area contributed by atoms with E-state index in [0.717, 1.165) is 16.3 Å². The zero-order valence-corrected chi connectivity index (χ0v) is 20.9. The van der Waals surface area contributed by atoms with E-state index in [0.29, 0.717) is 29.4 Å². The van der Waals surface area contributed by atoms with Crippen LogP contribution in [0.1, 0.15) is 37.8 Å². The van der Waals surface area contributed by atoms with Crippen LogP contribution in [0.15, 0.2) is 54.6 Å². The Hall–Kier alpha value is -3.85. The minimum absolute atomic E-state index is 0.0439. The molecular formula is C26H26ClN3O6. The van der Waals surface area contributed by atoms with Crippen molar-refractivity contribution in [3.63, 3.8) is 0 Å². The molecule has 0 saturated carbocycles. The van der Waals surface area contributed by atoms with E-state index < -0.39 is 22.7 Å². The first-order chi connectivity index (χ1) is 17.1. The second kappa shape index (κ2) is 10.0. The fourth-order valence-corrected chi connectivity index (χ4v) is 4.43. The van der Waals surface area contributed by atoms with Crippen molar-refractivity contribution in [3.05, 3.63) is 75.8 Å². The average Bonchev–Trinajstić information content (AvgIpc) is 3.21. The fourth-order valence-electron chi connectivity index (χ4n) is 4.17. The summed E-state index contributed by atoms with van der Waals surface area (Å²) in [5.41, 5.74) is 1.92. The molecule has 0 aliphatic carbocycles. The maximum absolute atomic E-state index is 13.0. The first kappa shape index (κ1) is 25.2. The molecule has 1 aliphatic rings. The van der Waals surface area contributed by atoms with Crippen molar-refractivity contribution in [2.45, 2.75) is 38.9 Å². The molecular weight excluding hydrogens is 486 g/mol. The third kappa shape index (κ3) is 5.36. The zero-order chi connectivity index (χ0) is 26.0. The van der Waals surface area contributed by atoms with Gasteiger partial charge in [0.15, 0.2) is 0 Å². The second-order valence-corrected chi connectivity index (χ2v) is 9.78. The molecule has 4 rings (SSSR count). The maximum Gasteiger partial charge on any atom is 0.414 e. The van der Waals surface area contributed by atoms with Crippen molar-refractivity contribution in [1.82, 2.24) is 0 Å². The maximum atomic E-state index is 13.0. The van der Waals surface area contributed by atoms with Gasteiger partial charge in [-0.3, -0.25) is 20.3 Å². The summed E-state index contributed by atoms with van der Waals surface area (Å²) in [4.78, 5) is 37.5. The number of hydrogen-bond acceptors (Lipinski definition) is 6. The van der Waals surface area contributed by atoms with Gasteiger partial charge in [0.05, 0.1) is 16.3 Å². The van der Waals surface area contributed by atoms with Crippen molar-refractivity contribution in [2.75, 3.05) is 22.6 Å². The van der Waals surface area contributed by atoms with E-state index in [4.69, 9.17) is 21.1 Å². The molecule has 9 nitrogen and oxygen atoms in total. The fraction of sp³-hybridized carbons (Fsp3) is 0.308. The van der Waals surface area contributed by atoms with Crippen LogP contribution in [0.3, 0.4) is 0 Å². The number of benzene rings is 3. The molecule has 0 aromatic heterocycles. The number of nitro groups is 1. The molecule has 3 aromatic carbocycles. The van der Waals surface area contributed by atoms with Crippen LogP contribution in [0.2, 0.25) is 0 Å². The molecule has 1 N–H and O–H groups in total. The minimum atomic E-state index is -0.700. The highest BCUT2D eigenvalue weighted by Crippen LogP contribution is 2.45. The third-order valence-corrected chi connectivity index (χ3v) is 6.09. The first-order valence-electron chi connectivity index (χ1n) is 11.4. The van der Waals surface area contributed by atoms with E-state index in [-0.39, 0.29) is 18.2 Å². The van der Waals surface area contributed by atoms with Crippen LogP contribution in [0.4, 0.5) is 26.7 Å². The number of non-ortho nitro benzene ring substituents is 1. The Balaban J connectivity index is 1.61. The van der Waals surface area contributed by atoms with Crippen molar-refractivity contribution in [3.8, 4) is 0 Å². The SMILES string of the molecule is CC(C)(C)OC(=O)N1CC(CCl)c2c1cc(NC(=O)OCc1ccc([N+](=O)[O-])cc1)c1ccccc21. The van der Waals surface area contributed by atoms with Gasteiger partial charge in [0.25, 0.3) is 5.69 Å². The lowest BCUT2D eigenvalue weighted by molar-refractivity contribution is -0.384. The first-order valence-corrected chi connectivity index (χ1v) is 11.9. The lowest BCUT2D eigenvalue weighted by Gasteiger charge is -2.25. The summed E-state index contributed by atoms with van der Waals surface area (Å²) in [5.74, 6) is 0.225. The smallest absolute Gasteiger partial charge is 0.414 e. The molecule has 2 amide bonds. The van der Waals surface area contributed by atoms with Crippen LogP contribution in [0.25, 0.3) is 10.8 Å². The van der Waals surface area contributed by atoms with Crippen LogP contribution in [0.5, 0.6) is 0 Å². The lowest BCUT2D eigenvalue weighted by atomic mass is 9.95. The number of hydrogen-bond donors (Lipinski definition) is 1. The molecule has 0 spiro atoms. The quantitative estimate of drug-likeness (QED) is 0.235. The number of carbonyl (C=O) groups excluding carboxylic acids is 2. The van der Waals surface area contributed by atoms with E-state index >= 15 is 0 Å². The van der Waals surface area contributed by atoms with Gasteiger partial charge in [0.1, 0.15) is 12.2 Å². The van der Waals surface area contributed by atoms with Gasteiger partial charge in [0.2, 0.25) is 0 Å². The summed E-state index contributed by atoms with van der Waals surface area (Å²) in [6, 6.07) is 15.1. The number of nitro benzene ring substituents is 1. The average molecular weight is 512 g/mol. The third-order valence-electron chi connectivity index (χ3n) is 5.72. The van der Waals surface area contributed by atoms with Gasteiger partial charge in [-0.1, -0.05) is 24.3 Å². The standard InChI is InChI=1S/C26H26ClN3O6/c1-26(2,3)36-25(32)29-14-17(13-27)23-20-7-5-4-6-19(20)21(12-22(23)29)28-24(31)35-15-16-8-10-18(11-9-16)30(33)34/h4-12,17H,13-15H2,1-3H3,(H,28,31). The number of nitrogens with zero attached hydrogens (tertiary/aromatic N) is 2. The number of fused-ring (bicyclic) bond motifs is 3. The van der Waals surface area contributed by atoms with E-state index in [1.165, 1.54) is 24.3 Å². The largest absolute Gasteiger partial charge is 0.444 e. The van der Waals surface area contributed by atoms with E-state index in [9.17, 15) is 19.7 Å². The van der Waals surface area contributed by atoms with Gasteiger partial charge >= 0.3 is 12.2 Å². The Kier molecular flexibility index (Phi) is 7.03.